The van der Waals surface area contributed by atoms with Crippen LogP contribution in [0.2, 0.25) is 0 Å². The van der Waals surface area contributed by atoms with Gasteiger partial charge >= 0.3 is 5.97 Å². The summed E-state index contributed by atoms with van der Waals surface area (Å²) >= 11 is 0. The first-order valence-corrected chi connectivity index (χ1v) is 9.06. The monoisotopic (exact) mass is 377 g/mol. The molecule has 6 heteroatoms. The number of carboxylic acids is 1. The van der Waals surface area contributed by atoms with Crippen LogP contribution in [0.25, 0.3) is 22.3 Å². The summed E-state index contributed by atoms with van der Waals surface area (Å²) in [6, 6.07) is 14.1. The van der Waals surface area contributed by atoms with Crippen LogP contribution in [0.15, 0.2) is 57.7 Å². The maximum Gasteiger partial charge on any atom is 0.311 e. The molecule has 2 aromatic carbocycles. The smallest absolute Gasteiger partial charge is 0.311 e. The van der Waals surface area contributed by atoms with Gasteiger partial charge in [0.25, 0.3) is 5.91 Å². The zero-order valence-electron chi connectivity index (χ0n) is 15.3. The van der Waals surface area contributed by atoms with Crippen molar-refractivity contribution < 1.29 is 19.1 Å². The zero-order valence-corrected chi connectivity index (χ0v) is 15.3. The normalized spacial score (nSPS) is 14.6. The van der Waals surface area contributed by atoms with Crippen molar-refractivity contribution >= 4 is 22.8 Å². The van der Waals surface area contributed by atoms with Gasteiger partial charge in [0.1, 0.15) is 5.76 Å². The molecule has 0 saturated heterocycles. The largest absolute Gasteiger partial charge is 0.481 e. The third-order valence-electron chi connectivity index (χ3n) is 5.32. The Morgan fingerprint density at radius 1 is 1.11 bits per heavy atom. The molecule has 6 nitrogen and oxygen atoms in total. The minimum Gasteiger partial charge on any atom is -0.481 e. The number of carboxylic acid groups (broad SMARTS) is 1. The van der Waals surface area contributed by atoms with Crippen LogP contribution in [0, 0.1) is 12.3 Å². The molecule has 1 aromatic heterocycles. The van der Waals surface area contributed by atoms with E-state index in [0.29, 0.717) is 29.6 Å². The van der Waals surface area contributed by atoms with E-state index in [1.807, 2.05) is 30.3 Å². The van der Waals surface area contributed by atoms with Gasteiger partial charge in [-0.2, -0.15) is 0 Å². The SMILES string of the molecule is Cc1c(-c2ccccc2)oc2c(C(=O)NCC3(C(=O)O)CC3)cccc2c1=O. The maximum absolute atomic E-state index is 12.8. The summed E-state index contributed by atoms with van der Waals surface area (Å²) < 4.78 is 6.03. The van der Waals surface area contributed by atoms with E-state index in [1.165, 1.54) is 0 Å². The van der Waals surface area contributed by atoms with Gasteiger partial charge in [-0.25, -0.2) is 0 Å². The molecule has 1 aliphatic carbocycles. The molecule has 2 N–H and O–H groups in total. The second-order valence-corrected chi connectivity index (χ2v) is 7.20. The van der Waals surface area contributed by atoms with Crippen molar-refractivity contribution in [1.29, 1.82) is 0 Å². The van der Waals surface area contributed by atoms with Gasteiger partial charge in [-0.3, -0.25) is 14.4 Å². The molecule has 1 saturated carbocycles. The third kappa shape index (κ3) is 2.97. The van der Waals surface area contributed by atoms with E-state index < -0.39 is 17.3 Å². The minimum atomic E-state index is -0.903. The molecule has 1 amide bonds. The highest BCUT2D eigenvalue weighted by molar-refractivity contribution is 6.05. The molecule has 0 spiro atoms. The van der Waals surface area contributed by atoms with Crippen LogP contribution in [0.3, 0.4) is 0 Å². The van der Waals surface area contributed by atoms with Gasteiger partial charge < -0.3 is 14.8 Å². The van der Waals surface area contributed by atoms with Crippen LogP contribution in [-0.4, -0.2) is 23.5 Å². The number of amides is 1. The van der Waals surface area contributed by atoms with E-state index in [9.17, 15) is 19.5 Å². The molecule has 0 radical (unpaired) electrons. The number of carbonyl (C=O) groups is 2. The second-order valence-electron chi connectivity index (χ2n) is 7.20. The van der Waals surface area contributed by atoms with E-state index in [-0.39, 0.29) is 23.1 Å². The van der Waals surface area contributed by atoms with Crippen molar-refractivity contribution in [3.63, 3.8) is 0 Å². The maximum atomic E-state index is 12.8. The molecule has 0 bridgehead atoms. The molecule has 1 aliphatic rings. The quantitative estimate of drug-likeness (QED) is 0.711. The van der Waals surface area contributed by atoms with Crippen molar-refractivity contribution in [3.8, 4) is 11.3 Å². The topological polar surface area (TPSA) is 96.6 Å². The van der Waals surface area contributed by atoms with Crippen molar-refractivity contribution in [1.82, 2.24) is 5.32 Å². The number of hydrogen-bond acceptors (Lipinski definition) is 4. The molecular formula is C22H19NO5. The Kier molecular flexibility index (Phi) is 4.26. The predicted molar refractivity (Wildman–Crippen MR) is 104 cm³/mol. The first-order valence-electron chi connectivity index (χ1n) is 9.06. The molecule has 3 aromatic rings. The lowest BCUT2D eigenvalue weighted by Gasteiger charge is -2.13. The van der Waals surface area contributed by atoms with Crippen LogP contribution in [0.5, 0.6) is 0 Å². The third-order valence-corrected chi connectivity index (χ3v) is 5.32. The van der Waals surface area contributed by atoms with E-state index in [1.54, 1.807) is 25.1 Å². The summed E-state index contributed by atoms with van der Waals surface area (Å²) in [7, 11) is 0. The molecule has 1 fully saturated rings. The van der Waals surface area contributed by atoms with Gasteiger partial charge in [0.05, 0.1) is 16.4 Å². The van der Waals surface area contributed by atoms with Gasteiger partial charge in [-0.05, 0) is 31.9 Å². The molecule has 28 heavy (non-hydrogen) atoms. The van der Waals surface area contributed by atoms with E-state index >= 15 is 0 Å². The molecule has 0 atom stereocenters. The van der Waals surface area contributed by atoms with Gasteiger partial charge in [0.2, 0.25) is 0 Å². The average Bonchev–Trinajstić information content (AvgIpc) is 3.50. The van der Waals surface area contributed by atoms with Crippen LogP contribution in [0.1, 0.15) is 28.8 Å². The molecule has 4 rings (SSSR count). The highest BCUT2D eigenvalue weighted by atomic mass is 16.4. The summed E-state index contributed by atoms with van der Waals surface area (Å²) in [5.41, 5.74) is 0.574. The van der Waals surface area contributed by atoms with E-state index in [0.717, 1.165) is 5.56 Å². The highest BCUT2D eigenvalue weighted by Crippen LogP contribution is 2.45. The molecule has 142 valence electrons. The fourth-order valence-corrected chi connectivity index (χ4v) is 3.32. The Hall–Kier alpha value is -3.41. The van der Waals surface area contributed by atoms with Gasteiger partial charge in [-0.15, -0.1) is 0 Å². The van der Waals surface area contributed by atoms with Crippen LogP contribution >= 0.6 is 0 Å². The Bertz CT molecular complexity index is 1140. The lowest BCUT2D eigenvalue weighted by atomic mass is 10.0. The number of benzene rings is 2. The Morgan fingerprint density at radius 2 is 1.82 bits per heavy atom. The van der Waals surface area contributed by atoms with Crippen molar-refractivity contribution in [2.75, 3.05) is 6.54 Å². The number of para-hydroxylation sites is 1. The minimum absolute atomic E-state index is 0.0548. The number of aliphatic carboxylic acids is 1. The summed E-state index contributed by atoms with van der Waals surface area (Å²) in [5, 5.41) is 12.3. The fourth-order valence-electron chi connectivity index (χ4n) is 3.32. The number of rotatable bonds is 5. The summed E-state index contributed by atoms with van der Waals surface area (Å²) in [4.78, 5) is 36.9. The van der Waals surface area contributed by atoms with Crippen molar-refractivity contribution in [2.45, 2.75) is 19.8 Å². The first kappa shape index (κ1) is 18.0. The van der Waals surface area contributed by atoms with Crippen LogP contribution < -0.4 is 10.7 Å². The second kappa shape index (κ2) is 6.64. The Balaban J connectivity index is 1.77. The van der Waals surface area contributed by atoms with Crippen molar-refractivity contribution in [3.05, 3.63) is 69.9 Å². The van der Waals surface area contributed by atoms with Gasteiger partial charge in [-0.1, -0.05) is 36.4 Å². The lowest BCUT2D eigenvalue weighted by molar-refractivity contribution is -0.143. The van der Waals surface area contributed by atoms with Crippen molar-refractivity contribution in [2.24, 2.45) is 5.41 Å². The zero-order chi connectivity index (χ0) is 19.9. The number of fused-ring (bicyclic) bond motifs is 1. The highest BCUT2D eigenvalue weighted by Gasteiger charge is 2.50. The van der Waals surface area contributed by atoms with E-state index in [4.69, 9.17) is 4.42 Å². The Labute approximate surface area is 160 Å². The van der Waals surface area contributed by atoms with Crippen LogP contribution in [0.4, 0.5) is 0 Å². The lowest BCUT2D eigenvalue weighted by Crippen LogP contribution is -2.34. The number of nitrogens with one attached hydrogen (secondary N) is 1. The van der Waals surface area contributed by atoms with Gasteiger partial charge in [0.15, 0.2) is 11.0 Å². The number of hydrogen-bond donors (Lipinski definition) is 2. The number of carbonyl (C=O) groups excluding carboxylic acids is 1. The first-order chi connectivity index (χ1) is 13.4. The standard InChI is InChI=1S/C22H19NO5/c1-13-17(24)15-8-5-9-16(20(25)23-12-22(10-11-22)21(26)27)19(15)28-18(13)14-6-3-2-4-7-14/h2-9H,10-12H2,1H3,(H,23,25)(H,26,27). The molecular weight excluding hydrogens is 358 g/mol. The molecule has 0 aliphatic heterocycles. The van der Waals surface area contributed by atoms with Crippen LogP contribution in [-0.2, 0) is 4.79 Å². The predicted octanol–water partition coefficient (Wildman–Crippen LogP) is 3.36. The Morgan fingerprint density at radius 3 is 2.46 bits per heavy atom. The fraction of sp³-hybridized carbons (Fsp3) is 0.227. The van der Waals surface area contributed by atoms with E-state index in [2.05, 4.69) is 5.32 Å². The molecule has 0 unspecified atom stereocenters. The summed E-state index contributed by atoms with van der Waals surface area (Å²) in [6.45, 7) is 1.75. The average molecular weight is 377 g/mol. The molecule has 1 heterocycles. The summed E-state index contributed by atoms with van der Waals surface area (Å²) in [6.07, 6.45) is 1.09. The summed E-state index contributed by atoms with van der Waals surface area (Å²) in [5.74, 6) is -0.939. The van der Waals surface area contributed by atoms with Gasteiger partial charge in [0, 0.05) is 17.7 Å².